The van der Waals surface area contributed by atoms with Gasteiger partial charge in [-0.15, -0.1) is 0 Å². The highest BCUT2D eigenvalue weighted by molar-refractivity contribution is 5.83. The molecule has 0 bridgehead atoms. The molecule has 6 heteroatoms. The molecular weight excluding hydrogens is 224 g/mol. The second-order valence-corrected chi connectivity index (χ2v) is 4.07. The van der Waals surface area contributed by atoms with Crippen LogP contribution in [-0.4, -0.2) is 42.8 Å². The number of nitrogens with two attached hydrogens (primary N) is 1. The van der Waals surface area contributed by atoms with Gasteiger partial charge < -0.3 is 20.9 Å². The smallest absolute Gasteiger partial charge is 0.326 e. The zero-order valence-corrected chi connectivity index (χ0v) is 10.6. The van der Waals surface area contributed by atoms with Crippen LogP contribution in [0.4, 0.5) is 0 Å². The lowest BCUT2D eigenvalue weighted by molar-refractivity contribution is -0.143. The van der Waals surface area contributed by atoms with Crippen molar-refractivity contribution < 1.29 is 19.4 Å². The van der Waals surface area contributed by atoms with Crippen LogP contribution in [0.2, 0.25) is 0 Å². The lowest BCUT2D eigenvalue weighted by Gasteiger charge is -2.21. The van der Waals surface area contributed by atoms with E-state index in [1.54, 1.807) is 6.92 Å². The average Bonchev–Trinajstić information content (AvgIpc) is 2.31. The molecule has 0 aliphatic rings. The summed E-state index contributed by atoms with van der Waals surface area (Å²) in [5.74, 6) is -1.49. The van der Waals surface area contributed by atoms with E-state index in [1.807, 2.05) is 6.92 Å². The predicted octanol–water partition coefficient (Wildman–Crippen LogP) is -0.0343. The van der Waals surface area contributed by atoms with Gasteiger partial charge in [0.05, 0.1) is 12.5 Å². The van der Waals surface area contributed by atoms with E-state index in [0.717, 1.165) is 0 Å². The van der Waals surface area contributed by atoms with E-state index in [-0.39, 0.29) is 30.9 Å². The molecule has 0 aliphatic carbocycles. The maximum atomic E-state index is 11.6. The number of nitrogens with one attached hydrogen (secondary N) is 1. The molecule has 6 nitrogen and oxygen atoms in total. The molecule has 4 N–H and O–H groups in total. The molecule has 0 rings (SSSR count). The van der Waals surface area contributed by atoms with Crippen molar-refractivity contribution in [2.24, 2.45) is 11.7 Å². The third kappa shape index (κ3) is 5.65. The van der Waals surface area contributed by atoms with Crippen LogP contribution in [0.3, 0.4) is 0 Å². The van der Waals surface area contributed by atoms with Crippen molar-refractivity contribution in [3.63, 3.8) is 0 Å². The Morgan fingerprint density at radius 1 is 1.47 bits per heavy atom. The highest BCUT2D eigenvalue weighted by Crippen LogP contribution is 2.08. The number of aliphatic carboxylic acids is 1. The fourth-order valence-electron chi connectivity index (χ4n) is 1.39. The number of methoxy groups -OCH3 is 1. The number of rotatable bonds is 8. The molecule has 3 atom stereocenters. The molecule has 0 fully saturated rings. The molecule has 3 unspecified atom stereocenters. The van der Waals surface area contributed by atoms with Crippen molar-refractivity contribution in [3.05, 3.63) is 0 Å². The van der Waals surface area contributed by atoms with Gasteiger partial charge in [-0.3, -0.25) is 4.79 Å². The Labute approximate surface area is 102 Å². The monoisotopic (exact) mass is 246 g/mol. The Morgan fingerprint density at radius 2 is 2.06 bits per heavy atom. The Bertz CT molecular complexity index is 254. The Morgan fingerprint density at radius 3 is 2.41 bits per heavy atom. The van der Waals surface area contributed by atoms with Gasteiger partial charge in [-0.2, -0.15) is 0 Å². The molecule has 0 radical (unpaired) electrons. The van der Waals surface area contributed by atoms with E-state index in [4.69, 9.17) is 15.6 Å². The van der Waals surface area contributed by atoms with E-state index >= 15 is 0 Å². The van der Waals surface area contributed by atoms with Crippen LogP contribution in [0.5, 0.6) is 0 Å². The first-order valence-corrected chi connectivity index (χ1v) is 5.71. The fraction of sp³-hybridized carbons (Fsp3) is 0.818. The van der Waals surface area contributed by atoms with Gasteiger partial charge in [0.1, 0.15) is 6.04 Å². The van der Waals surface area contributed by atoms with Gasteiger partial charge in [0, 0.05) is 13.7 Å². The van der Waals surface area contributed by atoms with Crippen molar-refractivity contribution in [2.45, 2.75) is 38.8 Å². The highest BCUT2D eigenvalue weighted by Gasteiger charge is 2.25. The molecular formula is C11H22N2O4. The Kier molecular flexibility index (Phi) is 7.49. The van der Waals surface area contributed by atoms with Gasteiger partial charge in [0.2, 0.25) is 5.91 Å². The second kappa shape index (κ2) is 8.03. The Hall–Kier alpha value is -1.14. The molecule has 0 aromatic carbocycles. The number of hydrogen-bond donors (Lipinski definition) is 3. The second-order valence-electron chi connectivity index (χ2n) is 4.07. The molecule has 0 saturated heterocycles. The molecule has 0 saturated carbocycles. The average molecular weight is 246 g/mol. The minimum Gasteiger partial charge on any atom is -0.480 e. The molecule has 17 heavy (non-hydrogen) atoms. The SMILES string of the molecule is CCC(C)C(NC(=O)CC(CN)OC)C(=O)O. The zero-order chi connectivity index (χ0) is 13.4. The minimum atomic E-state index is -1.02. The summed E-state index contributed by atoms with van der Waals surface area (Å²) >= 11 is 0. The van der Waals surface area contributed by atoms with Crippen LogP contribution in [0, 0.1) is 5.92 Å². The number of carbonyl (C=O) groups excluding carboxylic acids is 1. The van der Waals surface area contributed by atoms with Crippen molar-refractivity contribution >= 4 is 11.9 Å². The number of carboxylic acid groups (broad SMARTS) is 1. The first kappa shape index (κ1) is 15.9. The molecule has 100 valence electrons. The Balaban J connectivity index is 4.36. The number of carboxylic acids is 1. The van der Waals surface area contributed by atoms with Gasteiger partial charge in [0.25, 0.3) is 0 Å². The molecule has 0 spiro atoms. The van der Waals surface area contributed by atoms with Gasteiger partial charge in [0.15, 0.2) is 0 Å². The normalized spacial score (nSPS) is 16.0. The maximum absolute atomic E-state index is 11.6. The van der Waals surface area contributed by atoms with Crippen LogP contribution in [0.15, 0.2) is 0 Å². The topological polar surface area (TPSA) is 102 Å². The third-order valence-corrected chi connectivity index (χ3v) is 2.80. The van der Waals surface area contributed by atoms with Crippen LogP contribution in [0.1, 0.15) is 26.7 Å². The number of ether oxygens (including phenoxy) is 1. The van der Waals surface area contributed by atoms with Gasteiger partial charge in [-0.1, -0.05) is 20.3 Å². The summed E-state index contributed by atoms with van der Waals surface area (Å²) in [4.78, 5) is 22.6. The summed E-state index contributed by atoms with van der Waals surface area (Å²) in [5, 5.41) is 11.5. The molecule has 1 amide bonds. The van der Waals surface area contributed by atoms with E-state index in [9.17, 15) is 9.59 Å². The first-order valence-electron chi connectivity index (χ1n) is 5.71. The summed E-state index contributed by atoms with van der Waals surface area (Å²) in [6.07, 6.45) is 0.385. The predicted molar refractivity (Wildman–Crippen MR) is 63.5 cm³/mol. The summed E-state index contributed by atoms with van der Waals surface area (Å²) < 4.78 is 4.97. The number of amides is 1. The van der Waals surface area contributed by atoms with E-state index in [0.29, 0.717) is 6.42 Å². The fourth-order valence-corrected chi connectivity index (χ4v) is 1.39. The maximum Gasteiger partial charge on any atom is 0.326 e. The van der Waals surface area contributed by atoms with Crippen LogP contribution < -0.4 is 11.1 Å². The van der Waals surface area contributed by atoms with Crippen molar-refractivity contribution in [2.75, 3.05) is 13.7 Å². The first-order chi connectivity index (χ1) is 7.96. The lowest BCUT2D eigenvalue weighted by atomic mass is 9.99. The minimum absolute atomic E-state index is 0.0766. The van der Waals surface area contributed by atoms with Crippen molar-refractivity contribution in [3.8, 4) is 0 Å². The van der Waals surface area contributed by atoms with Crippen molar-refractivity contribution in [1.29, 1.82) is 0 Å². The van der Waals surface area contributed by atoms with E-state index in [1.165, 1.54) is 7.11 Å². The number of hydrogen-bond acceptors (Lipinski definition) is 4. The van der Waals surface area contributed by atoms with E-state index < -0.39 is 12.0 Å². The molecule has 0 aliphatic heterocycles. The van der Waals surface area contributed by atoms with Crippen LogP contribution in [0.25, 0.3) is 0 Å². The standard InChI is InChI=1S/C11H22N2O4/c1-4-7(2)10(11(15)16)13-9(14)5-8(6-12)17-3/h7-8,10H,4-6,12H2,1-3H3,(H,13,14)(H,15,16). The molecule has 0 aromatic heterocycles. The van der Waals surface area contributed by atoms with E-state index in [2.05, 4.69) is 5.32 Å². The van der Waals surface area contributed by atoms with Crippen molar-refractivity contribution in [1.82, 2.24) is 5.32 Å². The highest BCUT2D eigenvalue weighted by atomic mass is 16.5. The number of carbonyl (C=O) groups is 2. The van der Waals surface area contributed by atoms with Gasteiger partial charge in [-0.25, -0.2) is 4.79 Å². The molecule has 0 heterocycles. The molecule has 0 aromatic rings. The summed E-state index contributed by atoms with van der Waals surface area (Å²) in [6, 6.07) is -0.859. The summed E-state index contributed by atoms with van der Waals surface area (Å²) in [7, 11) is 1.47. The summed E-state index contributed by atoms with van der Waals surface area (Å²) in [5.41, 5.74) is 5.39. The zero-order valence-electron chi connectivity index (χ0n) is 10.6. The van der Waals surface area contributed by atoms with Crippen LogP contribution >= 0.6 is 0 Å². The largest absolute Gasteiger partial charge is 0.480 e. The van der Waals surface area contributed by atoms with Gasteiger partial charge >= 0.3 is 5.97 Å². The third-order valence-electron chi connectivity index (χ3n) is 2.80. The summed E-state index contributed by atoms with van der Waals surface area (Å²) in [6.45, 7) is 3.89. The van der Waals surface area contributed by atoms with Gasteiger partial charge in [-0.05, 0) is 5.92 Å². The quantitative estimate of drug-likeness (QED) is 0.558. The van der Waals surface area contributed by atoms with Crippen LogP contribution in [-0.2, 0) is 14.3 Å². The lowest BCUT2D eigenvalue weighted by Crippen LogP contribution is -2.46.